The molecule has 0 saturated heterocycles. The fourth-order valence-electron chi connectivity index (χ4n) is 2.46. The number of hydrogen-bond donors (Lipinski definition) is 0. The topological polar surface area (TPSA) is 39.4 Å². The molecule has 0 atom stereocenters. The van der Waals surface area contributed by atoms with Gasteiger partial charge in [-0.2, -0.15) is 13.2 Å². The van der Waals surface area contributed by atoms with E-state index in [2.05, 4.69) is 6.58 Å². The minimum Gasteiger partial charge on any atom is -0.465 e. The van der Waals surface area contributed by atoms with Gasteiger partial charge in [-0.15, -0.1) is 6.58 Å². The SMILES string of the molecule is C=C(C)CCc1c(C(F)(F)F)c2ccc(OC=CC(C)C)cc2oc1=O. The van der Waals surface area contributed by atoms with Gasteiger partial charge < -0.3 is 9.15 Å². The average Bonchev–Trinajstić information content (AvgIpc) is 2.50. The van der Waals surface area contributed by atoms with Crippen LogP contribution >= 0.6 is 0 Å². The third-order valence-electron chi connectivity index (χ3n) is 3.73. The summed E-state index contributed by atoms with van der Waals surface area (Å²) in [6, 6.07) is 3.98. The standard InChI is InChI=1S/C20H21F3O3/c1-12(2)5-7-16-18(20(21,22)23)15-8-6-14(25-10-9-13(3)4)11-17(15)26-19(16)24/h6,8-11,13H,1,5,7H2,2-4H3. The Morgan fingerprint density at radius 2 is 2.04 bits per heavy atom. The molecule has 6 heteroatoms. The monoisotopic (exact) mass is 366 g/mol. The molecule has 2 rings (SSSR count). The Kier molecular flexibility index (Phi) is 5.95. The van der Waals surface area contributed by atoms with E-state index in [9.17, 15) is 18.0 Å². The number of rotatable bonds is 6. The first-order valence-electron chi connectivity index (χ1n) is 8.24. The second-order valence-electron chi connectivity index (χ2n) is 6.55. The number of hydrogen-bond acceptors (Lipinski definition) is 3. The maximum atomic E-state index is 13.6. The summed E-state index contributed by atoms with van der Waals surface area (Å²) >= 11 is 0. The van der Waals surface area contributed by atoms with Crippen molar-refractivity contribution in [1.82, 2.24) is 0 Å². The quantitative estimate of drug-likeness (QED) is 0.365. The van der Waals surface area contributed by atoms with Gasteiger partial charge in [0.1, 0.15) is 11.3 Å². The van der Waals surface area contributed by atoms with Crippen LogP contribution in [-0.2, 0) is 12.6 Å². The molecule has 0 radical (unpaired) electrons. The summed E-state index contributed by atoms with van der Waals surface area (Å²) in [7, 11) is 0. The van der Waals surface area contributed by atoms with Crippen LogP contribution in [0.25, 0.3) is 11.0 Å². The zero-order valence-corrected chi connectivity index (χ0v) is 14.9. The van der Waals surface area contributed by atoms with E-state index >= 15 is 0 Å². The predicted octanol–water partition coefficient (Wildman–Crippen LogP) is 5.87. The Morgan fingerprint density at radius 3 is 2.62 bits per heavy atom. The van der Waals surface area contributed by atoms with Gasteiger partial charge in [0.05, 0.1) is 17.4 Å². The van der Waals surface area contributed by atoms with Gasteiger partial charge in [0.25, 0.3) is 0 Å². The van der Waals surface area contributed by atoms with Gasteiger partial charge in [-0.25, -0.2) is 4.79 Å². The average molecular weight is 366 g/mol. The van der Waals surface area contributed by atoms with Gasteiger partial charge in [-0.1, -0.05) is 19.4 Å². The smallest absolute Gasteiger partial charge is 0.417 e. The molecular formula is C20H21F3O3. The molecule has 1 heterocycles. The lowest BCUT2D eigenvalue weighted by Crippen LogP contribution is -2.19. The minimum atomic E-state index is -4.67. The van der Waals surface area contributed by atoms with Gasteiger partial charge >= 0.3 is 11.8 Å². The Bertz CT molecular complexity index is 890. The molecule has 0 aliphatic carbocycles. The summed E-state index contributed by atoms with van der Waals surface area (Å²) in [6.07, 6.45) is -1.21. The van der Waals surface area contributed by atoms with Gasteiger partial charge in [0.2, 0.25) is 0 Å². The summed E-state index contributed by atoms with van der Waals surface area (Å²) in [5, 5.41) is -0.158. The van der Waals surface area contributed by atoms with Gasteiger partial charge in [0, 0.05) is 11.5 Å². The van der Waals surface area contributed by atoms with Crippen LogP contribution in [0.5, 0.6) is 5.75 Å². The molecule has 140 valence electrons. The lowest BCUT2D eigenvalue weighted by atomic mass is 9.99. The van der Waals surface area contributed by atoms with Crippen LogP contribution < -0.4 is 10.4 Å². The Labute approximate surface area is 149 Å². The van der Waals surface area contributed by atoms with Crippen molar-refractivity contribution < 1.29 is 22.3 Å². The van der Waals surface area contributed by atoms with Crippen molar-refractivity contribution in [3.8, 4) is 5.75 Å². The van der Waals surface area contributed by atoms with E-state index in [1.807, 2.05) is 13.8 Å². The Balaban J connectivity index is 2.57. The number of alkyl halides is 3. The molecular weight excluding hydrogens is 345 g/mol. The molecule has 0 bridgehead atoms. The molecule has 0 spiro atoms. The zero-order chi connectivity index (χ0) is 19.5. The van der Waals surface area contributed by atoms with E-state index in [1.165, 1.54) is 24.5 Å². The molecule has 0 unspecified atom stereocenters. The van der Waals surface area contributed by atoms with Crippen molar-refractivity contribution >= 4 is 11.0 Å². The lowest BCUT2D eigenvalue weighted by molar-refractivity contribution is -0.137. The van der Waals surface area contributed by atoms with E-state index < -0.39 is 17.4 Å². The van der Waals surface area contributed by atoms with Crippen LogP contribution in [0.15, 0.2) is 51.9 Å². The van der Waals surface area contributed by atoms with Crippen molar-refractivity contribution in [1.29, 1.82) is 0 Å². The molecule has 1 aromatic carbocycles. The zero-order valence-electron chi connectivity index (χ0n) is 14.9. The highest BCUT2D eigenvalue weighted by Gasteiger charge is 2.37. The summed E-state index contributed by atoms with van der Waals surface area (Å²) in [5.41, 5.74) is -1.77. The van der Waals surface area contributed by atoms with E-state index in [0.717, 1.165) is 0 Å². The van der Waals surface area contributed by atoms with Crippen molar-refractivity contribution in [2.75, 3.05) is 0 Å². The molecule has 0 N–H and O–H groups in total. The van der Waals surface area contributed by atoms with Crippen molar-refractivity contribution in [3.05, 3.63) is 64.2 Å². The van der Waals surface area contributed by atoms with E-state index in [4.69, 9.17) is 9.15 Å². The second-order valence-corrected chi connectivity index (χ2v) is 6.55. The van der Waals surface area contributed by atoms with Crippen molar-refractivity contribution in [2.24, 2.45) is 5.92 Å². The molecule has 26 heavy (non-hydrogen) atoms. The summed E-state index contributed by atoms with van der Waals surface area (Å²) < 4.78 is 51.4. The van der Waals surface area contributed by atoms with E-state index in [-0.39, 0.29) is 35.3 Å². The van der Waals surface area contributed by atoms with E-state index in [0.29, 0.717) is 11.3 Å². The number of allylic oxidation sites excluding steroid dienone is 2. The highest BCUT2D eigenvalue weighted by atomic mass is 19.4. The van der Waals surface area contributed by atoms with Crippen LogP contribution in [0, 0.1) is 5.92 Å². The van der Waals surface area contributed by atoms with Crippen LogP contribution in [0.1, 0.15) is 38.3 Å². The van der Waals surface area contributed by atoms with E-state index in [1.54, 1.807) is 13.0 Å². The molecule has 0 saturated carbocycles. The molecule has 0 aliphatic heterocycles. The van der Waals surface area contributed by atoms with Gasteiger partial charge in [0.15, 0.2) is 0 Å². The maximum Gasteiger partial charge on any atom is 0.417 e. The number of benzene rings is 1. The molecule has 3 nitrogen and oxygen atoms in total. The first-order chi connectivity index (χ1) is 12.1. The molecule has 0 fully saturated rings. The molecule has 0 aliphatic rings. The van der Waals surface area contributed by atoms with Crippen molar-refractivity contribution in [2.45, 2.75) is 39.8 Å². The van der Waals surface area contributed by atoms with Gasteiger partial charge in [-0.05, 0) is 43.9 Å². The summed E-state index contributed by atoms with van der Waals surface area (Å²) in [5.74, 6) is 0.557. The Hall–Kier alpha value is -2.50. The Morgan fingerprint density at radius 1 is 1.35 bits per heavy atom. The maximum absolute atomic E-state index is 13.6. The highest BCUT2D eigenvalue weighted by molar-refractivity contribution is 5.83. The lowest BCUT2D eigenvalue weighted by Gasteiger charge is -2.15. The van der Waals surface area contributed by atoms with Crippen LogP contribution in [0.3, 0.4) is 0 Å². The van der Waals surface area contributed by atoms with Gasteiger partial charge in [-0.3, -0.25) is 0 Å². The third kappa shape index (κ3) is 4.77. The predicted molar refractivity (Wildman–Crippen MR) is 95.2 cm³/mol. The number of fused-ring (bicyclic) bond motifs is 1. The first-order valence-corrected chi connectivity index (χ1v) is 8.24. The third-order valence-corrected chi connectivity index (χ3v) is 3.73. The molecule has 1 aromatic heterocycles. The van der Waals surface area contributed by atoms with Crippen LogP contribution in [0.2, 0.25) is 0 Å². The summed E-state index contributed by atoms with van der Waals surface area (Å²) in [4.78, 5) is 12.2. The van der Waals surface area contributed by atoms with Crippen LogP contribution in [0.4, 0.5) is 13.2 Å². The highest BCUT2D eigenvalue weighted by Crippen LogP contribution is 2.37. The minimum absolute atomic E-state index is 0.0716. The molecule has 0 amide bonds. The normalized spacial score (nSPS) is 12.3. The number of ether oxygens (including phenoxy) is 1. The fraction of sp³-hybridized carbons (Fsp3) is 0.350. The number of halogens is 3. The fourth-order valence-corrected chi connectivity index (χ4v) is 2.46. The largest absolute Gasteiger partial charge is 0.465 e. The second kappa shape index (κ2) is 7.81. The molecule has 2 aromatic rings. The first kappa shape index (κ1) is 19.8. The summed E-state index contributed by atoms with van der Waals surface area (Å²) in [6.45, 7) is 9.29. The van der Waals surface area contributed by atoms with Crippen LogP contribution in [-0.4, -0.2) is 0 Å². The van der Waals surface area contributed by atoms with Crippen molar-refractivity contribution in [3.63, 3.8) is 0 Å².